The number of rotatable bonds is 4. The smallest absolute Gasteiger partial charge is 0.0977 e. The van der Waals surface area contributed by atoms with Crippen molar-refractivity contribution >= 4 is 16.6 Å². The molecule has 4 aromatic rings. The van der Waals surface area contributed by atoms with E-state index < -0.39 is 0 Å². The maximum absolute atomic E-state index is 4.70. The van der Waals surface area contributed by atoms with Crippen molar-refractivity contribution in [2.24, 2.45) is 5.41 Å². The van der Waals surface area contributed by atoms with Crippen LogP contribution < -0.4 is 10.6 Å². The number of anilines is 1. The van der Waals surface area contributed by atoms with Gasteiger partial charge < -0.3 is 15.6 Å². The zero-order valence-corrected chi connectivity index (χ0v) is 18.4. The standard InChI is InChI=1S/C26H28N6/c1-17-3-2-4-23(31-17)25-24(29-16-30-25)18-5-6-22-19(11-18)12-21(13-28-22)32-20-7-9-26(10-8-20)14-27-15-26/h2-6,11-13,16,20,27,32H,7-10,14-15H2,1H3,(H,29,30). The fraction of sp³-hybridized carbons (Fsp3) is 0.346. The normalized spacial score (nSPS) is 18.0. The third kappa shape index (κ3) is 3.54. The number of pyridine rings is 2. The molecule has 0 radical (unpaired) electrons. The molecule has 2 fully saturated rings. The molecule has 1 aliphatic carbocycles. The molecule has 1 spiro atoms. The molecule has 1 saturated heterocycles. The number of imidazole rings is 1. The first-order valence-electron chi connectivity index (χ1n) is 11.5. The number of hydrogen-bond donors (Lipinski definition) is 3. The Morgan fingerprint density at radius 1 is 1.03 bits per heavy atom. The molecule has 1 aliphatic heterocycles. The summed E-state index contributed by atoms with van der Waals surface area (Å²) in [6.07, 6.45) is 8.81. The van der Waals surface area contributed by atoms with E-state index in [2.05, 4.69) is 49.9 Å². The molecule has 0 amide bonds. The SMILES string of the molecule is Cc1cccc(-c2[nH]cnc2-c2ccc3ncc(NC4CCC5(CC4)CNC5)cc3c2)n1. The molecule has 2 aliphatic rings. The minimum Gasteiger partial charge on any atom is -0.381 e. The van der Waals surface area contributed by atoms with Crippen LogP contribution in [0.2, 0.25) is 0 Å². The van der Waals surface area contributed by atoms with Crippen LogP contribution in [-0.2, 0) is 0 Å². The summed E-state index contributed by atoms with van der Waals surface area (Å²) in [6, 6.07) is 15.1. The first-order chi connectivity index (χ1) is 15.7. The van der Waals surface area contributed by atoms with Crippen molar-refractivity contribution in [2.45, 2.75) is 38.6 Å². The van der Waals surface area contributed by atoms with Gasteiger partial charge >= 0.3 is 0 Å². The summed E-state index contributed by atoms with van der Waals surface area (Å²) in [5, 5.41) is 8.31. The Labute approximate surface area is 187 Å². The largest absolute Gasteiger partial charge is 0.381 e. The van der Waals surface area contributed by atoms with Gasteiger partial charge in [0.15, 0.2) is 0 Å². The highest BCUT2D eigenvalue weighted by Crippen LogP contribution is 2.40. The molecule has 6 nitrogen and oxygen atoms in total. The fourth-order valence-electron chi connectivity index (χ4n) is 5.19. The van der Waals surface area contributed by atoms with Crippen molar-refractivity contribution in [2.75, 3.05) is 18.4 Å². The van der Waals surface area contributed by atoms with Crippen LogP contribution in [0.3, 0.4) is 0 Å². The molecule has 6 heteroatoms. The van der Waals surface area contributed by atoms with E-state index >= 15 is 0 Å². The summed E-state index contributed by atoms with van der Waals surface area (Å²) in [5.74, 6) is 0. The lowest BCUT2D eigenvalue weighted by atomic mass is 9.68. The quantitative estimate of drug-likeness (QED) is 0.432. The summed E-state index contributed by atoms with van der Waals surface area (Å²) in [5.41, 5.74) is 7.49. The predicted octanol–water partition coefficient (Wildman–Crippen LogP) is 4.94. The van der Waals surface area contributed by atoms with Crippen LogP contribution in [0.5, 0.6) is 0 Å². The number of H-pyrrole nitrogens is 1. The first-order valence-corrected chi connectivity index (χ1v) is 11.5. The van der Waals surface area contributed by atoms with Crippen LogP contribution in [0.25, 0.3) is 33.5 Å². The van der Waals surface area contributed by atoms with Gasteiger partial charge in [-0.3, -0.25) is 9.97 Å². The Hall–Kier alpha value is -3.25. The van der Waals surface area contributed by atoms with Crippen molar-refractivity contribution in [3.63, 3.8) is 0 Å². The summed E-state index contributed by atoms with van der Waals surface area (Å²) >= 11 is 0. The molecule has 0 unspecified atom stereocenters. The highest BCUT2D eigenvalue weighted by molar-refractivity contribution is 5.88. The van der Waals surface area contributed by atoms with Gasteiger partial charge in [-0.15, -0.1) is 0 Å². The van der Waals surface area contributed by atoms with Crippen molar-refractivity contribution in [1.29, 1.82) is 0 Å². The van der Waals surface area contributed by atoms with Gasteiger partial charge in [-0.1, -0.05) is 12.1 Å². The van der Waals surface area contributed by atoms with E-state index in [0.29, 0.717) is 11.5 Å². The monoisotopic (exact) mass is 424 g/mol. The minimum absolute atomic E-state index is 0.536. The van der Waals surface area contributed by atoms with Crippen molar-refractivity contribution in [3.8, 4) is 22.6 Å². The minimum atomic E-state index is 0.536. The molecule has 3 N–H and O–H groups in total. The Bertz CT molecular complexity index is 1260. The van der Waals surface area contributed by atoms with Crippen LogP contribution in [0.4, 0.5) is 5.69 Å². The number of aryl methyl sites for hydroxylation is 1. The number of nitrogens with zero attached hydrogens (tertiary/aromatic N) is 3. The number of benzene rings is 1. The van der Waals surface area contributed by atoms with Crippen LogP contribution >= 0.6 is 0 Å². The van der Waals surface area contributed by atoms with E-state index in [-0.39, 0.29) is 0 Å². The zero-order chi connectivity index (χ0) is 21.5. The van der Waals surface area contributed by atoms with Gasteiger partial charge in [0.05, 0.1) is 40.8 Å². The van der Waals surface area contributed by atoms with Crippen LogP contribution in [-0.4, -0.2) is 39.1 Å². The van der Waals surface area contributed by atoms with E-state index in [1.54, 1.807) is 6.33 Å². The molecule has 0 atom stereocenters. The summed E-state index contributed by atoms with van der Waals surface area (Å²) in [6.45, 7) is 4.41. The van der Waals surface area contributed by atoms with Crippen LogP contribution in [0, 0.1) is 12.3 Å². The Morgan fingerprint density at radius 2 is 1.91 bits per heavy atom. The lowest BCUT2D eigenvalue weighted by Crippen LogP contribution is -2.55. The molecule has 6 rings (SSSR count). The molecule has 3 aromatic heterocycles. The summed E-state index contributed by atoms with van der Waals surface area (Å²) < 4.78 is 0. The number of fused-ring (bicyclic) bond motifs is 1. The fourth-order valence-corrected chi connectivity index (χ4v) is 5.19. The second kappa shape index (κ2) is 7.71. The van der Waals surface area contributed by atoms with Crippen molar-refractivity contribution in [1.82, 2.24) is 25.3 Å². The van der Waals surface area contributed by atoms with Gasteiger partial charge in [-0.2, -0.15) is 0 Å². The highest BCUT2D eigenvalue weighted by atomic mass is 15.0. The van der Waals surface area contributed by atoms with Crippen LogP contribution in [0.1, 0.15) is 31.4 Å². The molecule has 1 saturated carbocycles. The number of hydrogen-bond acceptors (Lipinski definition) is 5. The predicted molar refractivity (Wildman–Crippen MR) is 128 cm³/mol. The summed E-state index contributed by atoms with van der Waals surface area (Å²) in [4.78, 5) is 17.2. The second-order valence-electron chi connectivity index (χ2n) is 9.44. The Morgan fingerprint density at radius 3 is 2.69 bits per heavy atom. The van der Waals surface area contributed by atoms with E-state index in [0.717, 1.165) is 44.9 Å². The van der Waals surface area contributed by atoms with Gasteiger partial charge in [0.25, 0.3) is 0 Å². The van der Waals surface area contributed by atoms with Crippen molar-refractivity contribution < 1.29 is 0 Å². The lowest BCUT2D eigenvalue weighted by Gasteiger charge is -2.47. The Kier molecular flexibility index (Phi) is 4.68. The molecular weight excluding hydrogens is 396 g/mol. The lowest BCUT2D eigenvalue weighted by molar-refractivity contribution is 0.102. The average Bonchev–Trinajstić information content (AvgIpc) is 3.28. The van der Waals surface area contributed by atoms with Gasteiger partial charge in [-0.25, -0.2) is 4.98 Å². The third-order valence-corrected chi connectivity index (χ3v) is 7.16. The molecule has 162 valence electrons. The maximum atomic E-state index is 4.70. The first kappa shape index (κ1) is 19.4. The number of aromatic amines is 1. The van der Waals surface area contributed by atoms with E-state index in [1.807, 2.05) is 31.3 Å². The van der Waals surface area contributed by atoms with E-state index in [4.69, 9.17) is 4.98 Å². The number of aromatic nitrogens is 4. The van der Waals surface area contributed by atoms with Gasteiger partial charge in [-0.05, 0) is 68.4 Å². The third-order valence-electron chi connectivity index (χ3n) is 7.16. The highest BCUT2D eigenvalue weighted by Gasteiger charge is 2.39. The molecular formula is C26H28N6. The van der Waals surface area contributed by atoms with E-state index in [9.17, 15) is 0 Å². The Balaban J connectivity index is 1.26. The van der Waals surface area contributed by atoms with Gasteiger partial charge in [0, 0.05) is 35.8 Å². The molecule has 1 aromatic carbocycles. The van der Waals surface area contributed by atoms with Gasteiger partial charge in [0.2, 0.25) is 0 Å². The van der Waals surface area contributed by atoms with Gasteiger partial charge in [0.1, 0.15) is 0 Å². The zero-order valence-electron chi connectivity index (χ0n) is 18.4. The maximum Gasteiger partial charge on any atom is 0.0977 e. The topological polar surface area (TPSA) is 78.5 Å². The molecule has 32 heavy (non-hydrogen) atoms. The second-order valence-corrected chi connectivity index (χ2v) is 9.44. The summed E-state index contributed by atoms with van der Waals surface area (Å²) in [7, 11) is 0. The molecule has 0 bridgehead atoms. The van der Waals surface area contributed by atoms with Crippen molar-refractivity contribution in [3.05, 3.63) is 60.7 Å². The molecule has 4 heterocycles. The number of nitrogens with one attached hydrogen (secondary N) is 3. The average molecular weight is 425 g/mol. The van der Waals surface area contributed by atoms with Crippen LogP contribution in [0.15, 0.2) is 55.0 Å². The van der Waals surface area contributed by atoms with E-state index in [1.165, 1.54) is 38.8 Å².